The van der Waals surface area contributed by atoms with Crippen molar-refractivity contribution in [3.63, 3.8) is 0 Å². The number of hydrogen-bond acceptors (Lipinski definition) is 3. The molecule has 10 heavy (non-hydrogen) atoms. The summed E-state index contributed by atoms with van der Waals surface area (Å²) in [5.74, 6) is -0.262. The number of hydrogen-bond donors (Lipinski definition) is 1. The van der Waals surface area contributed by atoms with Crippen molar-refractivity contribution >= 4 is 35.5 Å². The van der Waals surface area contributed by atoms with Crippen LogP contribution < -0.4 is 5.48 Å². The summed E-state index contributed by atoms with van der Waals surface area (Å²) in [6.45, 7) is 1.39. The molecule has 54 valence electrons. The van der Waals surface area contributed by atoms with E-state index >= 15 is 0 Å². The molecule has 1 rings (SSSR count). The Morgan fingerprint density at radius 1 is 1.60 bits per heavy atom. The molecule has 0 bridgehead atoms. The Bertz CT molecular complexity index is 114. The fourth-order valence-electron chi connectivity index (χ4n) is 0.692. The van der Waals surface area contributed by atoms with Gasteiger partial charge in [-0.2, -0.15) is 5.48 Å². The second-order valence-corrected chi connectivity index (χ2v) is 2.34. The topological polar surface area (TPSA) is 38.3 Å². The molecule has 1 aliphatic rings. The van der Waals surface area contributed by atoms with E-state index in [4.69, 9.17) is 0 Å². The Labute approximate surface area is 82.8 Å². The zero-order valence-corrected chi connectivity index (χ0v) is 5.52. The first-order valence-electron chi connectivity index (χ1n) is 3.22. The van der Waals surface area contributed by atoms with Crippen molar-refractivity contribution in [1.82, 2.24) is 5.48 Å². The average molecular weight is 153 g/mol. The van der Waals surface area contributed by atoms with E-state index < -0.39 is 0 Å². The zero-order valence-electron chi connectivity index (χ0n) is 5.52. The van der Waals surface area contributed by atoms with E-state index in [1.165, 1.54) is 13.3 Å². The van der Waals surface area contributed by atoms with Crippen LogP contribution in [0.3, 0.4) is 0 Å². The molecule has 1 saturated carbocycles. The van der Waals surface area contributed by atoms with E-state index in [0.717, 1.165) is 12.8 Å². The standard InChI is InChI=1S/C6H11NO2.Na.H/c1-5(8)9-7-6-3-2-4-6;;/h6-7H,2-4H2,1H3;;. The van der Waals surface area contributed by atoms with Gasteiger partial charge in [-0.25, -0.2) is 0 Å². The minimum absolute atomic E-state index is 0. The molecule has 0 heterocycles. The van der Waals surface area contributed by atoms with E-state index in [1.54, 1.807) is 0 Å². The van der Waals surface area contributed by atoms with Crippen LogP contribution >= 0.6 is 0 Å². The van der Waals surface area contributed by atoms with Crippen LogP contribution in [0.2, 0.25) is 0 Å². The third kappa shape index (κ3) is 3.56. The second-order valence-electron chi connectivity index (χ2n) is 2.34. The fraction of sp³-hybridized carbons (Fsp3) is 0.833. The molecule has 0 amide bonds. The summed E-state index contributed by atoms with van der Waals surface area (Å²) in [5, 5.41) is 0. The number of rotatable bonds is 2. The Hall–Kier alpha value is 0.430. The van der Waals surface area contributed by atoms with E-state index in [0.29, 0.717) is 6.04 Å². The van der Waals surface area contributed by atoms with Gasteiger partial charge in [0.2, 0.25) is 0 Å². The molecule has 3 nitrogen and oxygen atoms in total. The molecule has 1 aliphatic carbocycles. The van der Waals surface area contributed by atoms with E-state index in [9.17, 15) is 4.79 Å². The first kappa shape index (κ1) is 10.4. The van der Waals surface area contributed by atoms with Crippen LogP contribution in [-0.4, -0.2) is 41.6 Å². The summed E-state index contributed by atoms with van der Waals surface area (Å²) in [7, 11) is 0. The molecule has 0 aromatic rings. The first-order chi connectivity index (χ1) is 4.29. The molecular formula is C6H12NNaO2. The normalized spacial score (nSPS) is 16.9. The van der Waals surface area contributed by atoms with Crippen LogP contribution in [-0.2, 0) is 9.63 Å². The summed E-state index contributed by atoms with van der Waals surface area (Å²) >= 11 is 0. The van der Waals surface area contributed by atoms with Crippen LogP contribution in [0.1, 0.15) is 26.2 Å². The van der Waals surface area contributed by atoms with Gasteiger partial charge in [0.25, 0.3) is 0 Å². The summed E-state index contributed by atoms with van der Waals surface area (Å²) in [4.78, 5) is 14.8. The van der Waals surface area contributed by atoms with Gasteiger partial charge in [-0.3, -0.25) is 4.79 Å². The summed E-state index contributed by atoms with van der Waals surface area (Å²) in [6.07, 6.45) is 3.51. The maximum absolute atomic E-state index is 10.2. The Morgan fingerprint density at radius 2 is 2.20 bits per heavy atom. The molecule has 0 aromatic heterocycles. The molecular weight excluding hydrogens is 141 g/mol. The van der Waals surface area contributed by atoms with Gasteiger partial charge in [-0.15, -0.1) is 0 Å². The molecule has 1 N–H and O–H groups in total. The molecule has 4 heteroatoms. The van der Waals surface area contributed by atoms with Gasteiger partial charge in [0.1, 0.15) is 0 Å². The van der Waals surface area contributed by atoms with Crippen LogP contribution in [0.5, 0.6) is 0 Å². The van der Waals surface area contributed by atoms with Crippen molar-refractivity contribution in [2.75, 3.05) is 0 Å². The van der Waals surface area contributed by atoms with Crippen molar-refractivity contribution in [2.45, 2.75) is 32.2 Å². The zero-order chi connectivity index (χ0) is 6.69. The Balaban J connectivity index is 0.000000810. The molecule has 0 aliphatic heterocycles. The molecule has 0 radical (unpaired) electrons. The monoisotopic (exact) mass is 153 g/mol. The van der Waals surface area contributed by atoms with E-state index in [2.05, 4.69) is 10.3 Å². The molecule has 1 fully saturated rings. The fourth-order valence-corrected chi connectivity index (χ4v) is 0.692. The molecule has 0 unspecified atom stereocenters. The molecule has 0 saturated heterocycles. The van der Waals surface area contributed by atoms with E-state index in [1.807, 2.05) is 0 Å². The van der Waals surface area contributed by atoms with Gasteiger partial charge in [0.05, 0.1) is 0 Å². The van der Waals surface area contributed by atoms with Crippen molar-refractivity contribution in [3.8, 4) is 0 Å². The summed E-state index contributed by atoms with van der Waals surface area (Å²) < 4.78 is 0. The number of hydroxylamine groups is 1. The Kier molecular flexibility index (Phi) is 5.35. The van der Waals surface area contributed by atoms with Crippen LogP contribution in [0.4, 0.5) is 0 Å². The number of carbonyl (C=O) groups excluding carboxylic acids is 1. The average Bonchev–Trinajstić information content (AvgIpc) is 1.60. The van der Waals surface area contributed by atoms with Gasteiger partial charge in [0.15, 0.2) is 0 Å². The van der Waals surface area contributed by atoms with Crippen molar-refractivity contribution in [1.29, 1.82) is 0 Å². The van der Waals surface area contributed by atoms with Crippen molar-refractivity contribution in [2.24, 2.45) is 0 Å². The maximum atomic E-state index is 10.2. The first-order valence-corrected chi connectivity index (χ1v) is 3.22. The predicted molar refractivity (Wildman–Crippen MR) is 39.7 cm³/mol. The molecule has 0 aromatic carbocycles. The van der Waals surface area contributed by atoms with E-state index in [-0.39, 0.29) is 35.5 Å². The van der Waals surface area contributed by atoms with Crippen molar-refractivity contribution in [3.05, 3.63) is 0 Å². The van der Waals surface area contributed by atoms with Gasteiger partial charge < -0.3 is 4.84 Å². The van der Waals surface area contributed by atoms with Crippen molar-refractivity contribution < 1.29 is 9.63 Å². The molecule has 0 spiro atoms. The summed E-state index contributed by atoms with van der Waals surface area (Å²) in [6, 6.07) is 0.425. The van der Waals surface area contributed by atoms with Crippen LogP contribution in [0, 0.1) is 0 Å². The SMILES string of the molecule is CC(=O)ONC1CCC1.[NaH]. The quantitative estimate of drug-likeness (QED) is 0.447. The Morgan fingerprint density at radius 3 is 2.50 bits per heavy atom. The van der Waals surface area contributed by atoms with Gasteiger partial charge in [-0.1, -0.05) is 6.42 Å². The molecule has 0 atom stereocenters. The van der Waals surface area contributed by atoms with Gasteiger partial charge in [0, 0.05) is 13.0 Å². The summed E-state index contributed by atoms with van der Waals surface area (Å²) in [5.41, 5.74) is 2.67. The van der Waals surface area contributed by atoms with Crippen LogP contribution in [0.15, 0.2) is 0 Å². The number of carbonyl (C=O) groups is 1. The van der Waals surface area contributed by atoms with Crippen LogP contribution in [0.25, 0.3) is 0 Å². The third-order valence-electron chi connectivity index (χ3n) is 1.47. The van der Waals surface area contributed by atoms with Gasteiger partial charge >= 0.3 is 35.5 Å². The van der Waals surface area contributed by atoms with Gasteiger partial charge in [-0.05, 0) is 12.8 Å². The minimum atomic E-state index is -0.262. The second kappa shape index (κ2) is 5.13. The predicted octanol–water partition coefficient (Wildman–Crippen LogP) is -0.0419. The number of nitrogens with one attached hydrogen (secondary N) is 1. The third-order valence-corrected chi connectivity index (χ3v) is 1.47.